The van der Waals surface area contributed by atoms with Gasteiger partial charge in [-0.15, -0.1) is 0 Å². The molecule has 1 aliphatic rings. The van der Waals surface area contributed by atoms with Gasteiger partial charge in [0.1, 0.15) is 0 Å². The second-order valence-electron chi connectivity index (χ2n) is 5.31. The zero-order valence-electron chi connectivity index (χ0n) is 11.6. The maximum Gasteiger partial charge on any atom is 0.227 e. The molecule has 0 aliphatic carbocycles. The van der Waals surface area contributed by atoms with E-state index in [1.54, 1.807) is 0 Å². The molecule has 1 fully saturated rings. The first-order valence-electron chi connectivity index (χ1n) is 6.82. The number of hydrogen-bond acceptors (Lipinski definition) is 2. The lowest BCUT2D eigenvalue weighted by Crippen LogP contribution is -2.51. The predicted molar refractivity (Wildman–Crippen MR) is 78.4 cm³/mol. The predicted octanol–water partition coefficient (Wildman–Crippen LogP) is 2.44. The summed E-state index contributed by atoms with van der Waals surface area (Å²) in [6.45, 7) is 8.03. The van der Waals surface area contributed by atoms with Crippen molar-refractivity contribution in [3.63, 3.8) is 0 Å². The summed E-state index contributed by atoms with van der Waals surface area (Å²) in [6, 6.07) is 8.07. The Bertz CT molecular complexity index is 422. The molecule has 19 heavy (non-hydrogen) atoms. The van der Waals surface area contributed by atoms with Crippen molar-refractivity contribution >= 4 is 17.5 Å². The average Bonchev–Trinajstić information content (AvgIpc) is 2.41. The third-order valence-corrected chi connectivity index (χ3v) is 3.92. The van der Waals surface area contributed by atoms with Crippen molar-refractivity contribution in [2.75, 3.05) is 26.2 Å². The molecule has 0 N–H and O–H groups in total. The molecule has 0 saturated carbocycles. The van der Waals surface area contributed by atoms with Crippen molar-refractivity contribution in [3.8, 4) is 0 Å². The van der Waals surface area contributed by atoms with Gasteiger partial charge in [0.05, 0.1) is 6.42 Å². The van der Waals surface area contributed by atoms with Crippen molar-refractivity contribution in [1.82, 2.24) is 9.80 Å². The minimum atomic E-state index is 0.214. The minimum Gasteiger partial charge on any atom is -0.340 e. The first-order chi connectivity index (χ1) is 9.06. The zero-order valence-corrected chi connectivity index (χ0v) is 12.4. The Morgan fingerprint density at radius 3 is 2.26 bits per heavy atom. The highest BCUT2D eigenvalue weighted by Crippen LogP contribution is 2.12. The Kier molecular flexibility index (Phi) is 4.83. The van der Waals surface area contributed by atoms with Gasteiger partial charge < -0.3 is 4.90 Å². The van der Waals surface area contributed by atoms with Gasteiger partial charge in [0, 0.05) is 37.2 Å². The summed E-state index contributed by atoms with van der Waals surface area (Å²) in [6.07, 6.45) is 0.471. The van der Waals surface area contributed by atoms with Gasteiger partial charge >= 0.3 is 0 Å². The molecule has 2 rings (SSSR count). The zero-order chi connectivity index (χ0) is 13.8. The van der Waals surface area contributed by atoms with Crippen LogP contribution in [0.5, 0.6) is 0 Å². The number of benzene rings is 1. The van der Waals surface area contributed by atoms with Gasteiger partial charge in [-0.1, -0.05) is 23.7 Å². The van der Waals surface area contributed by atoms with Crippen LogP contribution < -0.4 is 0 Å². The molecule has 1 aromatic carbocycles. The van der Waals surface area contributed by atoms with Gasteiger partial charge in [0.2, 0.25) is 5.91 Å². The molecule has 1 heterocycles. The number of amides is 1. The van der Waals surface area contributed by atoms with E-state index in [-0.39, 0.29) is 5.91 Å². The number of rotatable bonds is 3. The summed E-state index contributed by atoms with van der Waals surface area (Å²) >= 11 is 5.84. The Balaban J connectivity index is 1.86. The quantitative estimate of drug-likeness (QED) is 0.849. The maximum absolute atomic E-state index is 12.2. The summed E-state index contributed by atoms with van der Waals surface area (Å²) in [7, 11) is 0. The largest absolute Gasteiger partial charge is 0.340 e. The summed E-state index contributed by atoms with van der Waals surface area (Å²) in [5.74, 6) is 0.214. The van der Waals surface area contributed by atoms with Crippen LogP contribution in [-0.2, 0) is 11.2 Å². The SMILES string of the molecule is CC(C)N1CCN(C(=O)Cc2ccc(Cl)cc2)CC1. The van der Waals surface area contributed by atoms with Crippen molar-refractivity contribution in [1.29, 1.82) is 0 Å². The molecule has 0 unspecified atom stereocenters. The Labute approximate surface area is 120 Å². The Hall–Kier alpha value is -1.06. The average molecular weight is 281 g/mol. The first-order valence-corrected chi connectivity index (χ1v) is 7.20. The monoisotopic (exact) mass is 280 g/mol. The number of carbonyl (C=O) groups is 1. The van der Waals surface area contributed by atoms with Gasteiger partial charge in [-0.2, -0.15) is 0 Å². The molecule has 4 heteroatoms. The highest BCUT2D eigenvalue weighted by atomic mass is 35.5. The molecule has 0 aromatic heterocycles. The molecule has 104 valence electrons. The van der Waals surface area contributed by atoms with Gasteiger partial charge in [0.15, 0.2) is 0 Å². The van der Waals surface area contributed by atoms with E-state index >= 15 is 0 Å². The molecule has 0 bridgehead atoms. The van der Waals surface area contributed by atoms with Gasteiger partial charge in [-0.3, -0.25) is 9.69 Å². The Morgan fingerprint density at radius 2 is 1.74 bits per heavy atom. The van der Waals surface area contributed by atoms with Crippen molar-refractivity contribution in [3.05, 3.63) is 34.9 Å². The van der Waals surface area contributed by atoms with Gasteiger partial charge in [0.25, 0.3) is 0 Å². The molecule has 0 radical (unpaired) electrons. The normalized spacial score (nSPS) is 16.9. The second-order valence-corrected chi connectivity index (χ2v) is 5.75. The van der Waals surface area contributed by atoms with E-state index in [0.29, 0.717) is 17.5 Å². The van der Waals surface area contributed by atoms with Crippen molar-refractivity contribution in [2.24, 2.45) is 0 Å². The van der Waals surface area contributed by atoms with Crippen LogP contribution in [0.2, 0.25) is 5.02 Å². The number of carbonyl (C=O) groups excluding carboxylic acids is 1. The third kappa shape index (κ3) is 3.95. The fourth-order valence-corrected chi connectivity index (χ4v) is 2.50. The van der Waals surface area contributed by atoms with Crippen LogP contribution in [-0.4, -0.2) is 47.9 Å². The lowest BCUT2D eigenvalue weighted by Gasteiger charge is -2.37. The summed E-state index contributed by atoms with van der Waals surface area (Å²) in [5, 5.41) is 0.710. The number of hydrogen-bond donors (Lipinski definition) is 0. The first kappa shape index (κ1) is 14.4. The van der Waals surface area contributed by atoms with Crippen molar-refractivity contribution < 1.29 is 4.79 Å². The fourth-order valence-electron chi connectivity index (χ4n) is 2.38. The van der Waals surface area contributed by atoms with Gasteiger partial charge in [-0.25, -0.2) is 0 Å². The summed E-state index contributed by atoms with van der Waals surface area (Å²) in [5.41, 5.74) is 1.03. The van der Waals surface area contributed by atoms with Gasteiger partial charge in [-0.05, 0) is 31.5 Å². The van der Waals surface area contributed by atoms with Crippen LogP contribution in [0.25, 0.3) is 0 Å². The smallest absolute Gasteiger partial charge is 0.227 e. The van der Waals surface area contributed by atoms with Crippen LogP contribution in [0.3, 0.4) is 0 Å². The van der Waals surface area contributed by atoms with E-state index in [1.165, 1.54) is 0 Å². The molecule has 1 aromatic rings. The van der Waals surface area contributed by atoms with Crippen LogP contribution in [0.4, 0.5) is 0 Å². The van der Waals surface area contributed by atoms with Crippen LogP contribution >= 0.6 is 11.6 Å². The second kappa shape index (κ2) is 6.40. The standard InChI is InChI=1S/C15H21ClN2O/c1-12(2)17-7-9-18(10-8-17)15(19)11-13-3-5-14(16)6-4-13/h3-6,12H,7-11H2,1-2H3. The molecule has 3 nitrogen and oxygen atoms in total. The van der Waals surface area contributed by atoms with Crippen LogP contribution in [0.1, 0.15) is 19.4 Å². The lowest BCUT2D eigenvalue weighted by atomic mass is 10.1. The van der Waals surface area contributed by atoms with Crippen LogP contribution in [0.15, 0.2) is 24.3 Å². The van der Waals surface area contributed by atoms with E-state index in [1.807, 2.05) is 29.2 Å². The maximum atomic E-state index is 12.2. The fraction of sp³-hybridized carbons (Fsp3) is 0.533. The summed E-state index contributed by atoms with van der Waals surface area (Å²) < 4.78 is 0. The third-order valence-electron chi connectivity index (χ3n) is 3.67. The summed E-state index contributed by atoms with van der Waals surface area (Å²) in [4.78, 5) is 16.6. The topological polar surface area (TPSA) is 23.6 Å². The van der Waals surface area contributed by atoms with Crippen LogP contribution in [0, 0.1) is 0 Å². The number of piperazine rings is 1. The number of halogens is 1. The molecule has 1 saturated heterocycles. The highest BCUT2D eigenvalue weighted by Gasteiger charge is 2.22. The molecule has 0 atom stereocenters. The molecule has 0 spiro atoms. The lowest BCUT2D eigenvalue weighted by molar-refractivity contribution is -0.132. The highest BCUT2D eigenvalue weighted by molar-refractivity contribution is 6.30. The molecule has 1 aliphatic heterocycles. The van der Waals surface area contributed by atoms with E-state index in [0.717, 1.165) is 31.7 Å². The molecular formula is C15H21ClN2O. The van der Waals surface area contributed by atoms with E-state index < -0.39 is 0 Å². The molecule has 1 amide bonds. The van der Waals surface area contributed by atoms with Crippen molar-refractivity contribution in [2.45, 2.75) is 26.3 Å². The van der Waals surface area contributed by atoms with E-state index in [4.69, 9.17) is 11.6 Å². The van der Waals surface area contributed by atoms with E-state index in [9.17, 15) is 4.79 Å². The minimum absolute atomic E-state index is 0.214. The molecular weight excluding hydrogens is 260 g/mol. The van der Waals surface area contributed by atoms with E-state index in [2.05, 4.69) is 18.7 Å². The Morgan fingerprint density at radius 1 is 1.16 bits per heavy atom. The number of nitrogens with zero attached hydrogens (tertiary/aromatic N) is 2.